The van der Waals surface area contributed by atoms with Crippen molar-refractivity contribution in [3.8, 4) is 0 Å². The van der Waals surface area contributed by atoms with Crippen LogP contribution in [0, 0.1) is 11.3 Å². The first-order valence-corrected chi connectivity index (χ1v) is 2.99. The van der Waals surface area contributed by atoms with Crippen molar-refractivity contribution < 1.29 is 0 Å². The van der Waals surface area contributed by atoms with E-state index in [9.17, 15) is 0 Å². The van der Waals surface area contributed by atoms with Crippen molar-refractivity contribution in [2.75, 3.05) is 0 Å². The summed E-state index contributed by atoms with van der Waals surface area (Å²) in [6, 6.07) is 0. The predicted octanol–water partition coefficient (Wildman–Crippen LogP) is 1.97. The van der Waals surface area contributed by atoms with Gasteiger partial charge in [-0.2, -0.15) is 0 Å². The molecular weight excluding hydrogens is 84.1 g/mol. The zero-order chi connectivity index (χ0) is 4.91. The molecule has 0 heterocycles. The minimum absolute atomic E-state index is 0.681. The van der Waals surface area contributed by atoms with Gasteiger partial charge in [0.15, 0.2) is 0 Å². The van der Waals surface area contributed by atoms with Crippen molar-refractivity contribution in [2.24, 2.45) is 11.3 Å². The van der Waals surface area contributed by atoms with Gasteiger partial charge in [-0.05, 0) is 24.2 Å². The molecule has 0 aromatic carbocycles. The van der Waals surface area contributed by atoms with Crippen LogP contribution in [0.5, 0.6) is 0 Å². The molecule has 0 aromatic heterocycles. The fourth-order valence-electron chi connectivity index (χ4n) is 1.53. The lowest BCUT2D eigenvalue weighted by molar-refractivity contribution is 0.673. The summed E-state index contributed by atoms with van der Waals surface area (Å²) in [5.74, 6) is 1.05. The Balaban J connectivity index is 2.32. The van der Waals surface area contributed by atoms with E-state index in [-0.39, 0.29) is 0 Å². The van der Waals surface area contributed by atoms with Crippen LogP contribution in [0.4, 0.5) is 0 Å². The van der Waals surface area contributed by atoms with Gasteiger partial charge in [0, 0.05) is 0 Å². The fraction of sp³-hybridized carbons (Fsp3) is 0.714. The summed E-state index contributed by atoms with van der Waals surface area (Å²) in [5.41, 5.74) is 0.681. The zero-order valence-corrected chi connectivity index (χ0v) is 4.65. The molecule has 0 saturated heterocycles. The van der Waals surface area contributed by atoms with Gasteiger partial charge in [0.25, 0.3) is 0 Å². The Morgan fingerprint density at radius 3 is 2.71 bits per heavy atom. The summed E-state index contributed by atoms with van der Waals surface area (Å²) >= 11 is 0. The maximum atomic E-state index is 2.37. The van der Waals surface area contributed by atoms with Gasteiger partial charge in [0.2, 0.25) is 0 Å². The van der Waals surface area contributed by atoms with Crippen LogP contribution < -0.4 is 0 Å². The van der Waals surface area contributed by atoms with Gasteiger partial charge in [-0.3, -0.25) is 0 Å². The van der Waals surface area contributed by atoms with Crippen LogP contribution >= 0.6 is 0 Å². The van der Waals surface area contributed by atoms with Crippen molar-refractivity contribution >= 4 is 0 Å². The fourth-order valence-corrected chi connectivity index (χ4v) is 1.53. The topological polar surface area (TPSA) is 0 Å². The number of hydrogen-bond donors (Lipinski definition) is 0. The minimum Gasteiger partial charge on any atom is -0.0877 e. The maximum Gasteiger partial charge on any atom is -0.0112 e. The van der Waals surface area contributed by atoms with E-state index < -0.39 is 0 Å². The molecule has 0 nitrogen and oxygen atoms in total. The molecule has 2 aliphatic carbocycles. The summed E-state index contributed by atoms with van der Waals surface area (Å²) in [6.07, 6.45) is 7.51. The van der Waals surface area contributed by atoms with Gasteiger partial charge in [-0.15, -0.1) is 0 Å². The molecule has 0 heteroatoms. The summed E-state index contributed by atoms with van der Waals surface area (Å²) in [7, 11) is 0. The third-order valence-corrected chi connectivity index (χ3v) is 2.38. The predicted molar refractivity (Wildman–Crippen MR) is 30.0 cm³/mol. The quantitative estimate of drug-likeness (QED) is 0.402. The SMILES string of the molecule is CC12C=CCC1C2. The smallest absolute Gasteiger partial charge is 0.0112 e. The highest BCUT2D eigenvalue weighted by Crippen LogP contribution is 2.59. The molecule has 2 unspecified atom stereocenters. The average Bonchev–Trinajstić information content (AvgIpc) is 2.09. The number of hydrogen-bond acceptors (Lipinski definition) is 0. The molecule has 38 valence electrons. The zero-order valence-electron chi connectivity index (χ0n) is 4.65. The first-order chi connectivity index (χ1) is 3.31. The van der Waals surface area contributed by atoms with Gasteiger partial charge < -0.3 is 0 Å². The second kappa shape index (κ2) is 0.795. The monoisotopic (exact) mass is 94.1 g/mol. The van der Waals surface area contributed by atoms with Gasteiger partial charge in [0.05, 0.1) is 0 Å². The van der Waals surface area contributed by atoms with Crippen molar-refractivity contribution in [2.45, 2.75) is 19.8 Å². The summed E-state index contributed by atoms with van der Waals surface area (Å²) < 4.78 is 0. The molecule has 2 atom stereocenters. The highest BCUT2D eigenvalue weighted by molar-refractivity contribution is 5.19. The van der Waals surface area contributed by atoms with Crippen LogP contribution in [-0.4, -0.2) is 0 Å². The Kier molecular flexibility index (Phi) is 0.421. The molecule has 1 saturated carbocycles. The molecule has 0 aromatic rings. The lowest BCUT2D eigenvalue weighted by Gasteiger charge is -1.91. The second-order valence-corrected chi connectivity index (χ2v) is 3.04. The molecule has 0 amide bonds. The van der Waals surface area contributed by atoms with Crippen LogP contribution in [-0.2, 0) is 0 Å². The van der Waals surface area contributed by atoms with Gasteiger partial charge in [-0.25, -0.2) is 0 Å². The molecule has 0 aliphatic heterocycles. The van der Waals surface area contributed by atoms with Crippen molar-refractivity contribution in [3.05, 3.63) is 12.2 Å². The minimum atomic E-state index is 0.681. The molecule has 2 aliphatic rings. The van der Waals surface area contributed by atoms with Gasteiger partial charge in [-0.1, -0.05) is 19.1 Å². The summed E-state index contributed by atoms with van der Waals surface area (Å²) in [4.78, 5) is 0. The van der Waals surface area contributed by atoms with E-state index in [0.717, 1.165) is 5.92 Å². The van der Waals surface area contributed by atoms with Crippen LogP contribution in [0.2, 0.25) is 0 Å². The summed E-state index contributed by atoms with van der Waals surface area (Å²) in [5, 5.41) is 0. The molecule has 0 radical (unpaired) electrons. The molecule has 1 fully saturated rings. The molecule has 0 bridgehead atoms. The maximum absolute atomic E-state index is 2.37. The summed E-state index contributed by atoms with van der Waals surface area (Å²) in [6.45, 7) is 2.35. The third-order valence-electron chi connectivity index (χ3n) is 2.38. The van der Waals surface area contributed by atoms with E-state index >= 15 is 0 Å². The molecule has 0 N–H and O–H groups in total. The third kappa shape index (κ3) is 0.324. The number of allylic oxidation sites excluding steroid dienone is 2. The second-order valence-electron chi connectivity index (χ2n) is 3.04. The molecule has 7 heavy (non-hydrogen) atoms. The van der Waals surface area contributed by atoms with Gasteiger partial charge in [0.1, 0.15) is 0 Å². The van der Waals surface area contributed by atoms with Crippen LogP contribution in [0.25, 0.3) is 0 Å². The van der Waals surface area contributed by atoms with E-state index in [1.54, 1.807) is 0 Å². The van der Waals surface area contributed by atoms with Crippen molar-refractivity contribution in [3.63, 3.8) is 0 Å². The van der Waals surface area contributed by atoms with Crippen LogP contribution in [0.3, 0.4) is 0 Å². The van der Waals surface area contributed by atoms with Crippen molar-refractivity contribution in [1.82, 2.24) is 0 Å². The van der Waals surface area contributed by atoms with E-state index in [1.165, 1.54) is 12.8 Å². The molecule has 2 rings (SSSR count). The normalized spacial score (nSPS) is 54.7. The van der Waals surface area contributed by atoms with E-state index in [2.05, 4.69) is 19.1 Å². The van der Waals surface area contributed by atoms with Crippen LogP contribution in [0.15, 0.2) is 12.2 Å². The Morgan fingerprint density at radius 1 is 1.71 bits per heavy atom. The van der Waals surface area contributed by atoms with Crippen LogP contribution in [0.1, 0.15) is 19.8 Å². The Labute approximate surface area is 44.2 Å². The van der Waals surface area contributed by atoms with E-state index in [4.69, 9.17) is 0 Å². The number of rotatable bonds is 0. The first-order valence-electron chi connectivity index (χ1n) is 2.99. The largest absolute Gasteiger partial charge is 0.0877 e. The average molecular weight is 94.2 g/mol. The highest BCUT2D eigenvalue weighted by atomic mass is 14.5. The molecular formula is C7H10. The Morgan fingerprint density at radius 2 is 2.57 bits per heavy atom. The Hall–Kier alpha value is -0.260. The standard InChI is InChI=1S/C7H10/c1-7-4-2-3-6(7)5-7/h2,4,6H,3,5H2,1H3. The lowest BCUT2D eigenvalue weighted by Crippen LogP contribution is -1.82. The molecule has 0 spiro atoms. The number of fused-ring (bicyclic) bond motifs is 1. The Bertz CT molecular complexity index is 124. The van der Waals surface area contributed by atoms with Crippen molar-refractivity contribution in [1.29, 1.82) is 0 Å². The lowest BCUT2D eigenvalue weighted by atomic mass is 10.1. The highest BCUT2D eigenvalue weighted by Gasteiger charge is 2.49. The van der Waals surface area contributed by atoms with Gasteiger partial charge >= 0.3 is 0 Å². The first kappa shape index (κ1) is 3.71. The van der Waals surface area contributed by atoms with E-state index in [1.807, 2.05) is 0 Å². The van der Waals surface area contributed by atoms with E-state index in [0.29, 0.717) is 5.41 Å².